The minimum absolute atomic E-state index is 0.0461. The Morgan fingerprint density at radius 2 is 1.93 bits per heavy atom. The molecule has 3 N–H and O–H groups in total. The summed E-state index contributed by atoms with van der Waals surface area (Å²) >= 11 is 0. The van der Waals surface area contributed by atoms with Crippen molar-refractivity contribution < 1.29 is 9.47 Å². The van der Waals surface area contributed by atoms with Gasteiger partial charge >= 0.3 is 0 Å². The van der Waals surface area contributed by atoms with Gasteiger partial charge in [0.25, 0.3) is 0 Å². The van der Waals surface area contributed by atoms with Gasteiger partial charge in [-0.1, -0.05) is 38.1 Å². The molecule has 4 rings (SSSR count). The summed E-state index contributed by atoms with van der Waals surface area (Å²) in [6.07, 6.45) is 1.01. The molecule has 6 heteroatoms. The van der Waals surface area contributed by atoms with Crippen LogP contribution >= 0.6 is 0 Å². The number of nitrogens with zero attached hydrogens (tertiary/aromatic N) is 2. The number of aliphatic imine (C=N–C) groups is 1. The molecule has 0 bridgehead atoms. The van der Waals surface area contributed by atoms with Crippen molar-refractivity contribution in [3.8, 4) is 11.5 Å². The van der Waals surface area contributed by atoms with E-state index in [0.29, 0.717) is 13.1 Å². The molecule has 2 aliphatic heterocycles. The van der Waals surface area contributed by atoms with Crippen molar-refractivity contribution in [1.29, 1.82) is 0 Å². The minimum Gasteiger partial charge on any atom is -0.454 e. The van der Waals surface area contributed by atoms with Crippen LogP contribution in [0.4, 0.5) is 5.69 Å². The van der Waals surface area contributed by atoms with Crippen LogP contribution in [0.2, 0.25) is 0 Å². The zero-order valence-electron chi connectivity index (χ0n) is 16.6. The molecule has 0 atom stereocenters. The van der Waals surface area contributed by atoms with Gasteiger partial charge in [0, 0.05) is 31.4 Å². The van der Waals surface area contributed by atoms with Crippen molar-refractivity contribution in [3.63, 3.8) is 0 Å². The molecule has 0 spiro atoms. The van der Waals surface area contributed by atoms with Crippen LogP contribution in [0.1, 0.15) is 25.0 Å². The van der Waals surface area contributed by atoms with Crippen LogP contribution in [0.25, 0.3) is 0 Å². The molecule has 148 valence electrons. The number of anilines is 1. The summed E-state index contributed by atoms with van der Waals surface area (Å²) < 4.78 is 10.9. The number of rotatable bonds is 4. The molecular formula is C22H28N4O2. The third kappa shape index (κ3) is 4.07. The molecule has 6 nitrogen and oxygen atoms in total. The van der Waals surface area contributed by atoms with Crippen LogP contribution < -0.4 is 20.5 Å². The largest absolute Gasteiger partial charge is 0.454 e. The maximum absolute atomic E-state index is 5.91. The summed E-state index contributed by atoms with van der Waals surface area (Å²) in [6.45, 7) is 7.57. The minimum atomic E-state index is -0.0461. The average Bonchev–Trinajstić information content (AvgIpc) is 3.18. The standard InChI is InChI=1S/C22H28N4O2/c1-22(2,13-23)14-24-21(25-18-7-8-19-20(11-18)28-15-27-19)26-10-9-16-5-3-4-6-17(16)12-26/h3-8,11H,9-10,12-15,23H2,1-2H3,(H,24,25). The first-order chi connectivity index (χ1) is 13.5. The van der Waals surface area contributed by atoms with Gasteiger partial charge in [-0.3, -0.25) is 4.99 Å². The fourth-order valence-electron chi connectivity index (χ4n) is 3.35. The summed E-state index contributed by atoms with van der Waals surface area (Å²) in [7, 11) is 0. The van der Waals surface area contributed by atoms with E-state index in [0.717, 1.165) is 42.7 Å². The van der Waals surface area contributed by atoms with Crippen LogP contribution in [-0.4, -0.2) is 37.3 Å². The summed E-state index contributed by atoms with van der Waals surface area (Å²) in [4.78, 5) is 7.24. The van der Waals surface area contributed by atoms with E-state index >= 15 is 0 Å². The molecule has 0 amide bonds. The van der Waals surface area contributed by atoms with Gasteiger partial charge in [0.05, 0.1) is 0 Å². The predicted molar refractivity (Wildman–Crippen MR) is 112 cm³/mol. The van der Waals surface area contributed by atoms with E-state index in [4.69, 9.17) is 20.2 Å². The van der Waals surface area contributed by atoms with Crippen molar-refractivity contribution in [3.05, 3.63) is 53.6 Å². The second-order valence-corrected chi connectivity index (χ2v) is 8.14. The summed E-state index contributed by atoms with van der Waals surface area (Å²) in [5, 5.41) is 3.51. The van der Waals surface area contributed by atoms with Crippen molar-refractivity contribution in [2.75, 3.05) is 31.7 Å². The second kappa shape index (κ2) is 7.72. The van der Waals surface area contributed by atoms with E-state index in [2.05, 4.69) is 48.3 Å². The maximum atomic E-state index is 5.91. The van der Waals surface area contributed by atoms with Gasteiger partial charge in [-0.05, 0) is 41.6 Å². The molecule has 0 unspecified atom stereocenters. The van der Waals surface area contributed by atoms with E-state index in [-0.39, 0.29) is 12.2 Å². The summed E-state index contributed by atoms with van der Waals surface area (Å²) in [6, 6.07) is 14.5. The monoisotopic (exact) mass is 380 g/mol. The van der Waals surface area contributed by atoms with Crippen LogP contribution in [-0.2, 0) is 13.0 Å². The van der Waals surface area contributed by atoms with E-state index in [1.807, 2.05) is 18.2 Å². The third-order valence-electron chi connectivity index (χ3n) is 5.27. The van der Waals surface area contributed by atoms with E-state index in [1.54, 1.807) is 0 Å². The maximum Gasteiger partial charge on any atom is 0.231 e. The fraction of sp³-hybridized carbons (Fsp3) is 0.409. The Morgan fingerprint density at radius 1 is 1.14 bits per heavy atom. The lowest BCUT2D eigenvalue weighted by atomic mass is 9.94. The molecule has 2 aromatic rings. The van der Waals surface area contributed by atoms with Crippen LogP contribution in [0.3, 0.4) is 0 Å². The molecule has 0 radical (unpaired) electrons. The molecule has 0 saturated carbocycles. The number of hydrogen-bond donors (Lipinski definition) is 2. The fourth-order valence-corrected chi connectivity index (χ4v) is 3.35. The normalized spacial score (nSPS) is 16.1. The lowest BCUT2D eigenvalue weighted by molar-refractivity contribution is 0.174. The number of hydrogen-bond acceptors (Lipinski definition) is 4. The van der Waals surface area contributed by atoms with Crippen molar-refractivity contribution in [2.45, 2.75) is 26.8 Å². The Bertz CT molecular complexity index is 879. The Morgan fingerprint density at radius 3 is 2.75 bits per heavy atom. The Balaban J connectivity index is 1.58. The highest BCUT2D eigenvalue weighted by Crippen LogP contribution is 2.34. The van der Waals surface area contributed by atoms with E-state index < -0.39 is 0 Å². The van der Waals surface area contributed by atoms with Gasteiger partial charge in [-0.2, -0.15) is 0 Å². The number of fused-ring (bicyclic) bond motifs is 2. The zero-order valence-corrected chi connectivity index (χ0v) is 16.6. The Hall–Kier alpha value is -2.73. The Kier molecular flexibility index (Phi) is 5.13. The first-order valence-corrected chi connectivity index (χ1v) is 9.77. The highest BCUT2D eigenvalue weighted by molar-refractivity contribution is 5.94. The number of benzene rings is 2. The van der Waals surface area contributed by atoms with Crippen molar-refractivity contribution >= 4 is 11.6 Å². The van der Waals surface area contributed by atoms with Gasteiger partial charge in [0.1, 0.15) is 0 Å². The Labute approximate surface area is 166 Å². The molecule has 0 saturated heterocycles. The van der Waals surface area contributed by atoms with Crippen LogP contribution in [0.5, 0.6) is 11.5 Å². The molecule has 0 aliphatic carbocycles. The van der Waals surface area contributed by atoms with E-state index in [9.17, 15) is 0 Å². The number of nitrogens with one attached hydrogen (secondary N) is 1. The SMILES string of the molecule is CC(C)(CN)CN=C(Nc1ccc2c(c1)OCO2)N1CCc2ccccc2C1. The number of nitrogens with two attached hydrogens (primary N) is 1. The molecule has 2 heterocycles. The average molecular weight is 380 g/mol. The molecule has 2 aromatic carbocycles. The lowest BCUT2D eigenvalue weighted by Gasteiger charge is -2.32. The number of guanidine groups is 1. The topological polar surface area (TPSA) is 72.1 Å². The first-order valence-electron chi connectivity index (χ1n) is 9.77. The van der Waals surface area contributed by atoms with Crippen LogP contribution in [0.15, 0.2) is 47.5 Å². The highest BCUT2D eigenvalue weighted by Gasteiger charge is 2.22. The van der Waals surface area contributed by atoms with Gasteiger partial charge in [-0.15, -0.1) is 0 Å². The molecular weight excluding hydrogens is 352 g/mol. The van der Waals surface area contributed by atoms with Crippen LogP contribution in [0, 0.1) is 5.41 Å². The van der Waals surface area contributed by atoms with E-state index in [1.165, 1.54) is 11.1 Å². The lowest BCUT2D eigenvalue weighted by Crippen LogP contribution is -2.41. The summed E-state index contributed by atoms with van der Waals surface area (Å²) in [5.41, 5.74) is 9.58. The first kappa shape index (κ1) is 18.6. The summed E-state index contributed by atoms with van der Waals surface area (Å²) in [5.74, 6) is 2.41. The van der Waals surface area contributed by atoms with Gasteiger partial charge in [0.2, 0.25) is 6.79 Å². The molecule has 0 fully saturated rings. The zero-order chi connectivity index (χ0) is 19.6. The quantitative estimate of drug-likeness (QED) is 0.629. The van der Waals surface area contributed by atoms with Gasteiger partial charge < -0.3 is 25.4 Å². The number of ether oxygens (including phenoxy) is 2. The van der Waals surface area contributed by atoms with Crippen molar-refractivity contribution in [2.24, 2.45) is 16.1 Å². The van der Waals surface area contributed by atoms with Gasteiger partial charge in [-0.25, -0.2) is 0 Å². The second-order valence-electron chi connectivity index (χ2n) is 8.14. The molecule has 28 heavy (non-hydrogen) atoms. The van der Waals surface area contributed by atoms with Crippen molar-refractivity contribution in [1.82, 2.24) is 4.90 Å². The predicted octanol–water partition coefficient (Wildman–Crippen LogP) is 3.23. The molecule has 2 aliphatic rings. The van der Waals surface area contributed by atoms with Gasteiger partial charge in [0.15, 0.2) is 17.5 Å². The highest BCUT2D eigenvalue weighted by atomic mass is 16.7. The smallest absolute Gasteiger partial charge is 0.231 e. The molecule has 0 aromatic heterocycles. The third-order valence-corrected chi connectivity index (χ3v) is 5.27.